The number of rotatable bonds is 4. The second-order valence-corrected chi connectivity index (χ2v) is 7.55. The van der Waals surface area contributed by atoms with Crippen molar-refractivity contribution >= 4 is 32.1 Å². The van der Waals surface area contributed by atoms with E-state index in [0.717, 1.165) is 15.6 Å². The summed E-state index contributed by atoms with van der Waals surface area (Å²) >= 11 is 3.34. The van der Waals surface area contributed by atoms with Crippen LogP contribution in [0.2, 0.25) is 0 Å². The molecule has 2 N–H and O–H groups in total. The van der Waals surface area contributed by atoms with Crippen molar-refractivity contribution in [1.29, 1.82) is 0 Å². The third-order valence-electron chi connectivity index (χ3n) is 2.83. The van der Waals surface area contributed by atoms with Gasteiger partial charge in [0, 0.05) is 16.9 Å². The van der Waals surface area contributed by atoms with Crippen molar-refractivity contribution < 1.29 is 18.1 Å². The SMILES string of the molecule is CC(O)C/C=C/c1cncc(Br)c1.Cc1ccc(S(=O)(=O)O)cc1. The summed E-state index contributed by atoms with van der Waals surface area (Å²) in [5.74, 6) is 0. The zero-order valence-electron chi connectivity index (χ0n) is 13.4. The maximum Gasteiger partial charge on any atom is 0.294 e. The molecule has 0 aliphatic rings. The number of pyridine rings is 1. The fourth-order valence-corrected chi connectivity index (χ4v) is 2.49. The van der Waals surface area contributed by atoms with Gasteiger partial charge in [-0.15, -0.1) is 0 Å². The lowest BCUT2D eigenvalue weighted by Crippen LogP contribution is -1.96. The Kier molecular flexibility index (Phi) is 8.27. The van der Waals surface area contributed by atoms with Crippen LogP contribution < -0.4 is 0 Å². The van der Waals surface area contributed by atoms with Gasteiger partial charge in [-0.1, -0.05) is 29.8 Å². The topological polar surface area (TPSA) is 87.5 Å². The molecule has 1 unspecified atom stereocenters. The molecule has 1 aromatic heterocycles. The van der Waals surface area contributed by atoms with Gasteiger partial charge in [-0.25, -0.2) is 0 Å². The van der Waals surface area contributed by atoms with Crippen LogP contribution >= 0.6 is 15.9 Å². The van der Waals surface area contributed by atoms with E-state index >= 15 is 0 Å². The highest BCUT2D eigenvalue weighted by Gasteiger charge is 2.06. The van der Waals surface area contributed by atoms with Crippen LogP contribution in [-0.4, -0.2) is 29.2 Å². The summed E-state index contributed by atoms with van der Waals surface area (Å²) in [6.45, 7) is 3.61. The predicted octanol–water partition coefficient (Wildman–Crippen LogP) is 3.87. The Bertz CT molecular complexity index is 771. The number of aliphatic hydroxyl groups excluding tert-OH is 1. The van der Waals surface area contributed by atoms with Crippen LogP contribution in [0.15, 0.2) is 58.2 Å². The molecular weight excluding hydrogens is 394 g/mol. The molecule has 0 amide bonds. The first-order chi connectivity index (χ1) is 11.2. The zero-order chi connectivity index (χ0) is 18.2. The molecule has 0 aliphatic heterocycles. The van der Waals surface area contributed by atoms with Crippen LogP contribution in [0.1, 0.15) is 24.5 Å². The predicted molar refractivity (Wildman–Crippen MR) is 98.3 cm³/mol. The van der Waals surface area contributed by atoms with Gasteiger partial charge < -0.3 is 5.11 Å². The van der Waals surface area contributed by atoms with Gasteiger partial charge >= 0.3 is 0 Å². The average molecular weight is 414 g/mol. The van der Waals surface area contributed by atoms with Crippen molar-refractivity contribution in [3.8, 4) is 0 Å². The summed E-state index contributed by atoms with van der Waals surface area (Å²) in [5.41, 5.74) is 1.99. The van der Waals surface area contributed by atoms with Gasteiger partial charge in [-0.3, -0.25) is 9.54 Å². The number of benzene rings is 1. The van der Waals surface area contributed by atoms with E-state index < -0.39 is 10.1 Å². The summed E-state index contributed by atoms with van der Waals surface area (Å²) in [6, 6.07) is 7.97. The van der Waals surface area contributed by atoms with Crippen molar-refractivity contribution in [2.24, 2.45) is 0 Å². The minimum atomic E-state index is -4.02. The van der Waals surface area contributed by atoms with Crippen LogP contribution in [0.4, 0.5) is 0 Å². The molecule has 0 saturated heterocycles. The van der Waals surface area contributed by atoms with Gasteiger partial charge in [0.25, 0.3) is 10.1 Å². The largest absolute Gasteiger partial charge is 0.393 e. The number of aromatic nitrogens is 1. The fraction of sp³-hybridized carbons (Fsp3) is 0.235. The molecule has 0 radical (unpaired) electrons. The zero-order valence-corrected chi connectivity index (χ0v) is 15.8. The molecule has 0 saturated carbocycles. The molecule has 0 spiro atoms. The number of aryl methyl sites for hydroxylation is 1. The molecule has 1 aromatic carbocycles. The maximum absolute atomic E-state index is 10.5. The molecule has 0 fully saturated rings. The quantitative estimate of drug-likeness (QED) is 0.742. The van der Waals surface area contributed by atoms with E-state index in [9.17, 15) is 8.42 Å². The third-order valence-corrected chi connectivity index (χ3v) is 4.13. The third kappa shape index (κ3) is 8.35. The van der Waals surface area contributed by atoms with E-state index in [0.29, 0.717) is 6.42 Å². The Morgan fingerprint density at radius 2 is 1.88 bits per heavy atom. The highest BCUT2D eigenvalue weighted by Crippen LogP contribution is 2.11. The first-order valence-corrected chi connectivity index (χ1v) is 9.41. The Morgan fingerprint density at radius 3 is 2.38 bits per heavy atom. The van der Waals surface area contributed by atoms with Crippen molar-refractivity contribution in [3.05, 3.63) is 64.4 Å². The molecule has 5 nitrogen and oxygen atoms in total. The van der Waals surface area contributed by atoms with Crippen LogP contribution in [0.3, 0.4) is 0 Å². The molecule has 0 aliphatic carbocycles. The molecule has 1 atom stereocenters. The standard InChI is InChI=1S/C10H12BrNO.C7H8O3S/c1-8(13)3-2-4-9-5-10(11)7-12-6-9;1-6-2-4-7(5-3-6)11(8,9)10/h2,4-8,13H,3H2,1H3;2-5H,1H3,(H,8,9,10)/b4-2+;. The number of aliphatic hydroxyl groups is 1. The highest BCUT2D eigenvalue weighted by atomic mass is 79.9. The second-order valence-electron chi connectivity index (χ2n) is 5.21. The summed E-state index contributed by atoms with van der Waals surface area (Å²) < 4.78 is 30.5. The van der Waals surface area contributed by atoms with Crippen LogP contribution in [0, 0.1) is 6.92 Å². The number of nitrogens with zero attached hydrogens (tertiary/aromatic N) is 1. The molecule has 1 heterocycles. The first-order valence-electron chi connectivity index (χ1n) is 7.18. The lowest BCUT2D eigenvalue weighted by atomic mass is 10.2. The smallest absolute Gasteiger partial charge is 0.294 e. The Balaban J connectivity index is 0.000000243. The number of halogens is 1. The van der Waals surface area contributed by atoms with Crippen molar-refractivity contribution in [1.82, 2.24) is 4.98 Å². The number of hydrogen-bond acceptors (Lipinski definition) is 4. The highest BCUT2D eigenvalue weighted by molar-refractivity contribution is 9.10. The van der Waals surface area contributed by atoms with Crippen LogP contribution in [0.25, 0.3) is 6.08 Å². The van der Waals surface area contributed by atoms with Gasteiger partial charge in [0.1, 0.15) is 0 Å². The molecule has 24 heavy (non-hydrogen) atoms. The summed E-state index contributed by atoms with van der Waals surface area (Å²) in [4.78, 5) is 3.95. The van der Waals surface area contributed by atoms with Crippen LogP contribution in [-0.2, 0) is 10.1 Å². The lowest BCUT2D eigenvalue weighted by molar-refractivity contribution is 0.199. The molecular formula is C17H20BrNO4S. The second kappa shape index (κ2) is 9.68. The number of hydrogen-bond donors (Lipinski definition) is 2. The molecule has 2 rings (SSSR count). The normalized spacial score (nSPS) is 12.5. The average Bonchev–Trinajstić information content (AvgIpc) is 2.47. The van der Waals surface area contributed by atoms with Crippen molar-refractivity contribution in [2.45, 2.75) is 31.3 Å². The van der Waals surface area contributed by atoms with E-state index in [4.69, 9.17) is 9.66 Å². The first kappa shape index (κ1) is 20.5. The monoisotopic (exact) mass is 413 g/mol. The molecule has 130 valence electrons. The minimum absolute atomic E-state index is 0.0666. The maximum atomic E-state index is 10.5. The summed E-state index contributed by atoms with van der Waals surface area (Å²) in [7, 11) is -4.02. The summed E-state index contributed by atoms with van der Waals surface area (Å²) in [5, 5.41) is 9.01. The van der Waals surface area contributed by atoms with E-state index in [1.54, 1.807) is 31.5 Å². The van der Waals surface area contributed by atoms with Crippen LogP contribution in [0.5, 0.6) is 0 Å². The Labute approximate surface area is 151 Å². The fourth-order valence-electron chi connectivity index (χ4n) is 1.63. The van der Waals surface area contributed by atoms with Gasteiger partial charge in [-0.2, -0.15) is 8.42 Å². The molecule has 0 bridgehead atoms. The summed E-state index contributed by atoms with van der Waals surface area (Å²) in [6.07, 6.45) is 7.80. The van der Waals surface area contributed by atoms with Gasteiger partial charge in [0.15, 0.2) is 0 Å². The van der Waals surface area contributed by atoms with Gasteiger partial charge in [0.05, 0.1) is 11.0 Å². The van der Waals surface area contributed by atoms with E-state index in [2.05, 4.69) is 20.9 Å². The van der Waals surface area contributed by atoms with Crippen molar-refractivity contribution in [3.63, 3.8) is 0 Å². The minimum Gasteiger partial charge on any atom is -0.393 e. The molecule has 7 heteroatoms. The van der Waals surface area contributed by atoms with E-state index in [1.165, 1.54) is 12.1 Å². The molecule has 2 aromatic rings. The van der Waals surface area contributed by atoms with E-state index in [1.807, 2.05) is 25.1 Å². The Morgan fingerprint density at radius 1 is 1.25 bits per heavy atom. The van der Waals surface area contributed by atoms with Crippen molar-refractivity contribution in [2.75, 3.05) is 0 Å². The van der Waals surface area contributed by atoms with Gasteiger partial charge in [0.2, 0.25) is 0 Å². The van der Waals surface area contributed by atoms with E-state index in [-0.39, 0.29) is 11.0 Å². The lowest BCUT2D eigenvalue weighted by Gasteiger charge is -1.97. The Hall–Kier alpha value is -1.54. The van der Waals surface area contributed by atoms with Gasteiger partial charge in [-0.05, 0) is 60.0 Å².